The standard InChI is InChI=1S/C25H40O22/c1-4-6(26)9(29)17(22(39)41-4)45-24-14(34)12(32)15(19(47-24)21(37)38)43-25-18(10(30)7(27)5(42-25)3-40-2)46-23-13(33)8(28)11(31)16(44-23)20(35)36/h4-19,22-34,39H,3H2,1-2H3,(H,35,36)(H,37,38)/t4-,5-,6-,7-,8-,9+,10+,11+,12+,13+,14+,15+,16-,17+,18+,19-,22?,23?,24?,25?/m0/s1. The highest BCUT2D eigenvalue weighted by molar-refractivity contribution is 5.74. The van der Waals surface area contributed by atoms with Crippen molar-refractivity contribution in [3.63, 3.8) is 0 Å². The van der Waals surface area contributed by atoms with Gasteiger partial charge in [-0.1, -0.05) is 0 Å². The first-order valence-electron chi connectivity index (χ1n) is 14.3. The van der Waals surface area contributed by atoms with Gasteiger partial charge in [0.2, 0.25) is 0 Å². The smallest absolute Gasteiger partial charge is 0.335 e. The molecule has 4 saturated heterocycles. The summed E-state index contributed by atoms with van der Waals surface area (Å²) in [5, 5.41) is 124. The molecule has 0 amide bonds. The third-order valence-corrected chi connectivity index (χ3v) is 8.25. The molecule has 0 aromatic heterocycles. The second-order valence-corrected chi connectivity index (χ2v) is 11.5. The van der Waals surface area contributed by atoms with Crippen molar-refractivity contribution in [1.82, 2.24) is 0 Å². The number of hydrogen-bond donors (Lipinski definition) is 12. The van der Waals surface area contributed by atoms with Crippen LogP contribution in [0.4, 0.5) is 0 Å². The molecule has 272 valence electrons. The summed E-state index contributed by atoms with van der Waals surface area (Å²) in [4.78, 5) is 23.8. The summed E-state index contributed by atoms with van der Waals surface area (Å²) in [6.07, 6.45) is -39.0. The van der Waals surface area contributed by atoms with Gasteiger partial charge in [-0.3, -0.25) is 0 Å². The van der Waals surface area contributed by atoms with Crippen LogP contribution in [0.5, 0.6) is 0 Å². The minimum Gasteiger partial charge on any atom is -0.479 e. The average Bonchev–Trinajstić information content (AvgIpc) is 3.01. The lowest BCUT2D eigenvalue weighted by atomic mass is 9.95. The van der Waals surface area contributed by atoms with Crippen LogP contribution >= 0.6 is 0 Å². The highest BCUT2D eigenvalue weighted by Gasteiger charge is 2.57. The number of hydrogen-bond acceptors (Lipinski definition) is 20. The van der Waals surface area contributed by atoms with Crippen LogP contribution in [0.15, 0.2) is 0 Å². The Hall–Kier alpha value is -1.78. The zero-order valence-corrected chi connectivity index (χ0v) is 24.7. The van der Waals surface area contributed by atoms with Crippen molar-refractivity contribution in [3.05, 3.63) is 0 Å². The maximum Gasteiger partial charge on any atom is 0.335 e. The van der Waals surface area contributed by atoms with E-state index in [4.69, 9.17) is 37.9 Å². The van der Waals surface area contributed by atoms with Crippen LogP contribution in [0, 0.1) is 0 Å². The van der Waals surface area contributed by atoms with Crippen molar-refractivity contribution in [2.45, 2.75) is 130 Å². The Morgan fingerprint density at radius 1 is 0.532 bits per heavy atom. The Morgan fingerprint density at radius 2 is 1.02 bits per heavy atom. The first kappa shape index (κ1) is 38.0. The summed E-state index contributed by atoms with van der Waals surface area (Å²) in [5.41, 5.74) is 0. The fourth-order valence-corrected chi connectivity index (χ4v) is 5.56. The highest BCUT2D eigenvalue weighted by Crippen LogP contribution is 2.34. The predicted octanol–water partition coefficient (Wildman–Crippen LogP) is -7.88. The van der Waals surface area contributed by atoms with Crippen molar-refractivity contribution in [3.8, 4) is 0 Å². The van der Waals surface area contributed by atoms with Crippen LogP contribution in [-0.2, 0) is 47.5 Å². The van der Waals surface area contributed by atoms with Crippen LogP contribution < -0.4 is 0 Å². The maximum absolute atomic E-state index is 12.3. The molecule has 0 spiro atoms. The number of aliphatic carboxylic acids is 2. The van der Waals surface area contributed by atoms with E-state index >= 15 is 0 Å². The minimum absolute atomic E-state index is 0.400. The Balaban J connectivity index is 1.58. The normalized spacial score (nSPS) is 51.0. The van der Waals surface area contributed by atoms with Crippen LogP contribution in [0.25, 0.3) is 0 Å². The molecule has 20 atom stereocenters. The van der Waals surface area contributed by atoms with Crippen molar-refractivity contribution in [1.29, 1.82) is 0 Å². The lowest BCUT2D eigenvalue weighted by Gasteiger charge is -2.48. The summed E-state index contributed by atoms with van der Waals surface area (Å²) in [6.45, 7) is 0.933. The van der Waals surface area contributed by atoms with Crippen LogP contribution in [0.1, 0.15) is 6.92 Å². The van der Waals surface area contributed by atoms with Crippen molar-refractivity contribution in [2.24, 2.45) is 0 Å². The number of aliphatic hydroxyl groups is 10. The molecule has 4 fully saturated rings. The van der Waals surface area contributed by atoms with E-state index in [-0.39, 0.29) is 0 Å². The lowest BCUT2D eigenvalue weighted by Crippen LogP contribution is -2.68. The van der Waals surface area contributed by atoms with E-state index in [1.54, 1.807) is 0 Å². The molecule has 4 aliphatic rings. The largest absolute Gasteiger partial charge is 0.479 e. The summed E-state index contributed by atoms with van der Waals surface area (Å²) in [5.74, 6) is -3.59. The third kappa shape index (κ3) is 7.69. The van der Waals surface area contributed by atoms with E-state index in [0.29, 0.717) is 0 Å². The molecular weight excluding hydrogens is 652 g/mol. The van der Waals surface area contributed by atoms with Crippen molar-refractivity contribution < 1.29 is 109 Å². The Bertz CT molecular complexity index is 1070. The van der Waals surface area contributed by atoms with Gasteiger partial charge in [0.25, 0.3) is 0 Å². The number of carbonyl (C=O) groups is 2. The summed E-state index contributed by atoms with van der Waals surface area (Å²) >= 11 is 0. The van der Waals surface area contributed by atoms with Gasteiger partial charge in [-0.2, -0.15) is 0 Å². The monoisotopic (exact) mass is 692 g/mol. The second kappa shape index (κ2) is 15.4. The first-order valence-corrected chi connectivity index (χ1v) is 14.3. The first-order chi connectivity index (χ1) is 22.0. The van der Waals surface area contributed by atoms with Gasteiger partial charge >= 0.3 is 11.9 Å². The minimum atomic E-state index is -2.24. The number of carboxylic acid groups (broad SMARTS) is 2. The zero-order valence-electron chi connectivity index (χ0n) is 24.7. The number of aliphatic hydroxyl groups excluding tert-OH is 10. The van der Waals surface area contributed by atoms with E-state index in [0.717, 1.165) is 0 Å². The fourth-order valence-electron chi connectivity index (χ4n) is 5.56. The van der Waals surface area contributed by atoms with Gasteiger partial charge in [-0.05, 0) is 6.92 Å². The zero-order chi connectivity index (χ0) is 35.1. The van der Waals surface area contributed by atoms with Gasteiger partial charge in [-0.15, -0.1) is 0 Å². The van der Waals surface area contributed by atoms with Gasteiger partial charge in [-0.25, -0.2) is 9.59 Å². The molecule has 4 aliphatic heterocycles. The van der Waals surface area contributed by atoms with Crippen molar-refractivity contribution in [2.75, 3.05) is 13.7 Å². The lowest BCUT2D eigenvalue weighted by molar-refractivity contribution is -0.391. The molecule has 0 saturated carbocycles. The van der Waals surface area contributed by atoms with Gasteiger partial charge in [0.1, 0.15) is 79.4 Å². The molecule has 12 N–H and O–H groups in total. The van der Waals surface area contributed by atoms with Gasteiger partial charge in [0, 0.05) is 7.11 Å². The number of ether oxygens (including phenoxy) is 8. The average molecular weight is 693 g/mol. The second-order valence-electron chi connectivity index (χ2n) is 11.5. The molecule has 0 aromatic carbocycles. The molecular formula is C25H40O22. The van der Waals surface area contributed by atoms with Crippen LogP contribution in [-0.4, -0.2) is 210 Å². The van der Waals surface area contributed by atoms with E-state index in [1.165, 1.54) is 14.0 Å². The van der Waals surface area contributed by atoms with Gasteiger partial charge in [0.05, 0.1) is 12.7 Å². The Morgan fingerprint density at radius 3 is 1.60 bits per heavy atom. The molecule has 22 heteroatoms. The molecule has 47 heavy (non-hydrogen) atoms. The van der Waals surface area contributed by atoms with Gasteiger partial charge < -0.3 is 99.2 Å². The molecule has 0 aliphatic carbocycles. The topological polar surface area (TPSA) is 351 Å². The van der Waals surface area contributed by atoms with E-state index in [9.17, 15) is 70.9 Å². The summed E-state index contributed by atoms with van der Waals surface area (Å²) in [7, 11) is 1.20. The van der Waals surface area contributed by atoms with E-state index in [1.807, 2.05) is 0 Å². The summed E-state index contributed by atoms with van der Waals surface area (Å²) < 4.78 is 42.4. The summed E-state index contributed by atoms with van der Waals surface area (Å²) in [6, 6.07) is 0. The molecule has 4 rings (SSSR count). The quantitative estimate of drug-likeness (QED) is 0.101. The predicted molar refractivity (Wildman–Crippen MR) is 138 cm³/mol. The van der Waals surface area contributed by atoms with Gasteiger partial charge in [0.15, 0.2) is 37.4 Å². The van der Waals surface area contributed by atoms with E-state index < -0.39 is 141 Å². The van der Waals surface area contributed by atoms with Crippen molar-refractivity contribution >= 4 is 11.9 Å². The third-order valence-electron chi connectivity index (χ3n) is 8.25. The molecule has 22 nitrogen and oxygen atoms in total. The molecule has 0 aromatic rings. The SMILES string of the molecule is COC[C@@H]1OC(O[C@@H]2[C@H](O)[C@@H](O)C(O[C@H]3C(O)O[C@@H](C)[C@H](O)[C@H]3O)O[C@@H]2C(=O)O)[C@H](OC2O[C@H](C(=O)O)[C@H](O)[C@H](O)[C@H]2O)[C@H](O)[C@H]1O. The van der Waals surface area contributed by atoms with Crippen LogP contribution in [0.2, 0.25) is 0 Å². The molecule has 4 unspecified atom stereocenters. The highest BCUT2D eigenvalue weighted by atomic mass is 16.8. The Labute approximate surface area is 264 Å². The molecule has 0 radical (unpaired) electrons. The maximum atomic E-state index is 12.3. The Kier molecular flexibility index (Phi) is 12.5. The molecule has 4 heterocycles. The number of carboxylic acids is 2. The number of rotatable bonds is 10. The molecule has 0 bridgehead atoms. The fraction of sp³-hybridized carbons (Fsp3) is 0.920. The van der Waals surface area contributed by atoms with Crippen LogP contribution in [0.3, 0.4) is 0 Å². The van der Waals surface area contributed by atoms with E-state index in [2.05, 4.69) is 0 Å². The number of methoxy groups -OCH3 is 1.